The SMILES string of the molecule is CNC(=O)[C@H]1C[C@@H](NC(=O)c2ccc(C3=NO[C@@](c4cc(C(F)(F)F)cc(Cl)c4F)(C(F)(F)F)C3)cc2C)C1. The van der Waals surface area contributed by atoms with Crippen LogP contribution in [0, 0.1) is 18.7 Å². The van der Waals surface area contributed by atoms with Crippen LogP contribution in [0.25, 0.3) is 0 Å². The van der Waals surface area contributed by atoms with Crippen LogP contribution in [-0.4, -0.2) is 36.8 Å². The van der Waals surface area contributed by atoms with Crippen LogP contribution in [0.15, 0.2) is 35.5 Å². The summed E-state index contributed by atoms with van der Waals surface area (Å²) >= 11 is 5.53. The molecular weight excluding hydrogens is 559 g/mol. The first-order valence-corrected chi connectivity index (χ1v) is 12.0. The maximum Gasteiger partial charge on any atom is 0.435 e. The van der Waals surface area contributed by atoms with Crippen LogP contribution in [0.5, 0.6) is 0 Å². The number of rotatable bonds is 5. The molecule has 1 atom stereocenters. The van der Waals surface area contributed by atoms with Gasteiger partial charge in [-0.1, -0.05) is 22.8 Å². The summed E-state index contributed by atoms with van der Waals surface area (Å²) in [4.78, 5) is 29.0. The van der Waals surface area contributed by atoms with E-state index in [-0.39, 0.29) is 46.8 Å². The smallest absolute Gasteiger partial charge is 0.374 e. The summed E-state index contributed by atoms with van der Waals surface area (Å²) in [5.74, 6) is -2.48. The van der Waals surface area contributed by atoms with Crippen molar-refractivity contribution in [3.63, 3.8) is 0 Å². The van der Waals surface area contributed by atoms with Gasteiger partial charge in [0.1, 0.15) is 5.82 Å². The topological polar surface area (TPSA) is 79.8 Å². The second-order valence-electron chi connectivity index (χ2n) is 9.43. The van der Waals surface area contributed by atoms with E-state index in [4.69, 9.17) is 11.6 Å². The first-order valence-electron chi connectivity index (χ1n) is 11.6. The van der Waals surface area contributed by atoms with Crippen LogP contribution < -0.4 is 10.6 Å². The number of halogens is 8. The van der Waals surface area contributed by atoms with Gasteiger partial charge in [-0.05, 0) is 55.2 Å². The van der Waals surface area contributed by atoms with Crippen molar-refractivity contribution in [3.05, 3.63) is 69.0 Å². The van der Waals surface area contributed by atoms with Crippen LogP contribution in [0.3, 0.4) is 0 Å². The molecule has 1 heterocycles. The third kappa shape index (κ3) is 5.28. The van der Waals surface area contributed by atoms with Crippen molar-refractivity contribution in [2.45, 2.75) is 50.2 Å². The van der Waals surface area contributed by atoms with E-state index >= 15 is 0 Å². The lowest BCUT2D eigenvalue weighted by Gasteiger charge is -2.34. The molecule has 1 saturated carbocycles. The van der Waals surface area contributed by atoms with Crippen molar-refractivity contribution in [2.75, 3.05) is 7.05 Å². The lowest BCUT2D eigenvalue weighted by atomic mass is 9.79. The summed E-state index contributed by atoms with van der Waals surface area (Å²) in [5, 5.41) is 7.62. The van der Waals surface area contributed by atoms with E-state index in [1.165, 1.54) is 32.2 Å². The Bertz CT molecular complexity index is 1350. The zero-order chi connectivity index (χ0) is 28.9. The molecular formula is C25H21ClF7N3O3. The first-order chi connectivity index (χ1) is 18.1. The summed E-state index contributed by atoms with van der Waals surface area (Å²) in [6.07, 6.45) is -10.7. The molecule has 1 aliphatic heterocycles. The Balaban J connectivity index is 1.58. The zero-order valence-corrected chi connectivity index (χ0v) is 21.1. The third-order valence-corrected chi connectivity index (χ3v) is 7.15. The molecule has 2 aromatic carbocycles. The molecule has 1 fully saturated rings. The normalized spacial score (nSPS) is 23.0. The molecule has 0 bridgehead atoms. The number of oxime groups is 1. The standard InChI is InChI=1S/C25H21ClF7N3O3/c1-11-5-12(3-4-16(11)22(38)35-15-6-13(7-15)21(37)34-2)19-10-23(39-36-19,25(31,32)33)17-8-14(24(28,29)30)9-18(26)20(17)27/h3-5,8-9,13,15H,6-7,10H2,1-2H3,(H,34,37)(H,35,38)/t13-,15+,23-/m0/s1. The lowest BCUT2D eigenvalue weighted by Crippen LogP contribution is -2.49. The Morgan fingerprint density at radius 2 is 1.77 bits per heavy atom. The summed E-state index contributed by atoms with van der Waals surface area (Å²) in [6, 6.07) is 4.02. The van der Waals surface area contributed by atoms with Crippen LogP contribution in [0.2, 0.25) is 5.02 Å². The summed E-state index contributed by atoms with van der Waals surface area (Å²) in [7, 11) is 1.52. The fraction of sp³-hybridized carbons (Fsp3) is 0.400. The van der Waals surface area contributed by atoms with E-state index in [9.17, 15) is 40.3 Å². The van der Waals surface area contributed by atoms with Crippen molar-refractivity contribution in [2.24, 2.45) is 11.1 Å². The molecule has 2 aliphatic rings. The highest BCUT2D eigenvalue weighted by Gasteiger charge is 2.64. The van der Waals surface area contributed by atoms with Gasteiger partial charge in [-0.15, -0.1) is 0 Å². The van der Waals surface area contributed by atoms with E-state index in [0.29, 0.717) is 18.4 Å². The molecule has 0 aromatic heterocycles. The molecule has 2 amide bonds. The lowest BCUT2D eigenvalue weighted by molar-refractivity contribution is -0.276. The Labute approximate surface area is 222 Å². The van der Waals surface area contributed by atoms with Crippen LogP contribution in [-0.2, 0) is 21.4 Å². The number of carbonyl (C=O) groups is 2. The molecule has 4 rings (SSSR count). The first kappa shape index (κ1) is 28.7. The van der Waals surface area contributed by atoms with Gasteiger partial charge in [0.2, 0.25) is 5.91 Å². The highest BCUT2D eigenvalue weighted by molar-refractivity contribution is 6.30. The fourth-order valence-corrected chi connectivity index (χ4v) is 4.82. The van der Waals surface area contributed by atoms with Gasteiger partial charge in [-0.2, -0.15) is 26.3 Å². The molecule has 39 heavy (non-hydrogen) atoms. The van der Waals surface area contributed by atoms with E-state index in [2.05, 4.69) is 20.6 Å². The number of benzene rings is 2. The van der Waals surface area contributed by atoms with Crippen molar-refractivity contribution < 1.29 is 45.2 Å². The number of amides is 2. The van der Waals surface area contributed by atoms with Crippen molar-refractivity contribution in [3.8, 4) is 0 Å². The molecule has 2 N–H and O–H groups in total. The Morgan fingerprint density at radius 3 is 2.33 bits per heavy atom. The van der Waals surface area contributed by atoms with E-state index < -0.39 is 52.2 Å². The van der Waals surface area contributed by atoms with Gasteiger partial charge in [-0.3, -0.25) is 9.59 Å². The van der Waals surface area contributed by atoms with Crippen molar-refractivity contribution in [1.82, 2.24) is 10.6 Å². The Hall–Kier alpha value is -3.35. The Morgan fingerprint density at radius 1 is 1.10 bits per heavy atom. The molecule has 6 nitrogen and oxygen atoms in total. The number of alkyl halides is 6. The second kappa shape index (κ2) is 10.00. The molecule has 0 radical (unpaired) electrons. The Kier molecular flexibility index (Phi) is 7.34. The second-order valence-corrected chi connectivity index (χ2v) is 9.84. The predicted octanol–water partition coefficient (Wildman–Crippen LogP) is 5.64. The third-order valence-electron chi connectivity index (χ3n) is 6.87. The molecule has 210 valence electrons. The summed E-state index contributed by atoms with van der Waals surface area (Å²) in [5.41, 5.74) is -6.22. The molecule has 1 aliphatic carbocycles. The van der Waals surface area contributed by atoms with Crippen molar-refractivity contribution >= 4 is 29.1 Å². The number of carbonyl (C=O) groups excluding carboxylic acids is 2. The van der Waals surface area contributed by atoms with Gasteiger partial charge in [0.05, 0.1) is 22.7 Å². The van der Waals surface area contributed by atoms with E-state index in [0.717, 1.165) is 0 Å². The maximum atomic E-state index is 14.8. The number of hydrogen-bond donors (Lipinski definition) is 2. The van der Waals surface area contributed by atoms with Gasteiger partial charge >= 0.3 is 12.4 Å². The van der Waals surface area contributed by atoms with Gasteiger partial charge in [0.25, 0.3) is 11.5 Å². The summed E-state index contributed by atoms with van der Waals surface area (Å²) in [6.45, 7) is 1.53. The highest BCUT2D eigenvalue weighted by atomic mass is 35.5. The highest BCUT2D eigenvalue weighted by Crippen LogP contribution is 2.51. The average Bonchev–Trinajstić information content (AvgIpc) is 3.28. The number of nitrogens with one attached hydrogen (secondary N) is 2. The monoisotopic (exact) mass is 579 g/mol. The molecule has 2 aromatic rings. The molecule has 14 heteroatoms. The van der Waals surface area contributed by atoms with E-state index in [1.807, 2.05) is 0 Å². The largest absolute Gasteiger partial charge is 0.435 e. The van der Waals surface area contributed by atoms with Gasteiger partial charge in [-0.25, -0.2) is 4.39 Å². The number of aryl methyl sites for hydroxylation is 1. The van der Waals surface area contributed by atoms with Gasteiger partial charge in [0.15, 0.2) is 0 Å². The molecule has 0 spiro atoms. The molecule has 0 saturated heterocycles. The minimum absolute atomic E-state index is 0.0149. The zero-order valence-electron chi connectivity index (χ0n) is 20.4. The maximum absolute atomic E-state index is 14.8. The average molecular weight is 580 g/mol. The quantitative estimate of drug-likeness (QED) is 0.450. The van der Waals surface area contributed by atoms with Crippen molar-refractivity contribution in [1.29, 1.82) is 0 Å². The molecule has 0 unspecified atom stereocenters. The summed E-state index contributed by atoms with van der Waals surface area (Å²) < 4.78 is 97.4. The predicted molar refractivity (Wildman–Crippen MR) is 126 cm³/mol. The number of hydrogen-bond acceptors (Lipinski definition) is 4. The van der Waals surface area contributed by atoms with Crippen LogP contribution in [0.1, 0.15) is 51.9 Å². The van der Waals surface area contributed by atoms with Crippen LogP contribution in [0.4, 0.5) is 30.7 Å². The van der Waals surface area contributed by atoms with Gasteiger partial charge in [0, 0.05) is 30.1 Å². The number of nitrogens with zero attached hydrogens (tertiary/aromatic N) is 1. The van der Waals surface area contributed by atoms with Crippen LogP contribution >= 0.6 is 11.6 Å². The fourth-order valence-electron chi connectivity index (χ4n) is 4.60. The van der Waals surface area contributed by atoms with Gasteiger partial charge < -0.3 is 15.5 Å². The minimum Gasteiger partial charge on any atom is -0.374 e. The van der Waals surface area contributed by atoms with E-state index in [1.54, 1.807) is 0 Å². The minimum atomic E-state index is -5.38.